The van der Waals surface area contributed by atoms with Crippen LogP contribution < -0.4 is 4.50 Å². The predicted molar refractivity (Wildman–Crippen MR) is 78.1 cm³/mol. The maximum atomic E-state index is 11.0. The highest BCUT2D eigenvalue weighted by Gasteiger charge is 2.19. The summed E-state index contributed by atoms with van der Waals surface area (Å²) in [6, 6.07) is 12.1. The monoisotopic (exact) mass is 260 g/mol. The summed E-state index contributed by atoms with van der Waals surface area (Å²) in [7, 11) is -1.24. The average Bonchev–Trinajstić information content (AvgIpc) is 2.77. The fourth-order valence-corrected chi connectivity index (χ4v) is 4.65. The van der Waals surface area contributed by atoms with E-state index in [0.29, 0.717) is 0 Å². The number of hydrogen-bond acceptors (Lipinski definition) is 2. The third-order valence-corrected chi connectivity index (χ3v) is 7.42. The van der Waals surface area contributed by atoms with Crippen LogP contribution in [0.3, 0.4) is 0 Å². The molecule has 2 aromatic rings. The maximum Gasteiger partial charge on any atom is 0.150 e. The molecule has 0 amide bonds. The van der Waals surface area contributed by atoms with Crippen molar-refractivity contribution in [3.8, 4) is 10.4 Å². The van der Waals surface area contributed by atoms with Gasteiger partial charge in [0, 0.05) is 16.0 Å². The minimum absolute atomic E-state index is 0.775. The van der Waals surface area contributed by atoms with E-state index in [-0.39, 0.29) is 0 Å². The Hall–Kier alpha value is -1.19. The van der Waals surface area contributed by atoms with E-state index < -0.39 is 8.07 Å². The Kier molecular flexibility index (Phi) is 3.31. The van der Waals surface area contributed by atoms with E-state index in [9.17, 15) is 4.79 Å². The zero-order chi connectivity index (χ0) is 12.5. The van der Waals surface area contributed by atoms with E-state index in [1.807, 2.05) is 35.6 Å². The molecule has 1 aromatic carbocycles. The van der Waals surface area contributed by atoms with Crippen LogP contribution in [0.2, 0.25) is 19.6 Å². The maximum absolute atomic E-state index is 11.0. The van der Waals surface area contributed by atoms with Crippen LogP contribution in [0, 0.1) is 0 Å². The van der Waals surface area contributed by atoms with Gasteiger partial charge in [-0.1, -0.05) is 50.0 Å². The van der Waals surface area contributed by atoms with Gasteiger partial charge in [-0.25, -0.2) is 0 Å². The molecule has 0 spiro atoms. The smallest absolute Gasteiger partial charge is 0.150 e. The van der Waals surface area contributed by atoms with Crippen molar-refractivity contribution < 1.29 is 4.79 Å². The molecule has 0 atom stereocenters. The molecule has 1 heterocycles. The summed E-state index contributed by atoms with van der Waals surface area (Å²) in [4.78, 5) is 12.2. The molecule has 0 bridgehead atoms. The molecule has 0 aliphatic rings. The van der Waals surface area contributed by atoms with Crippen molar-refractivity contribution in [2.75, 3.05) is 0 Å². The summed E-state index contributed by atoms with van der Waals surface area (Å²) in [6.07, 6.45) is 0.934. The van der Waals surface area contributed by atoms with Crippen LogP contribution in [0.5, 0.6) is 0 Å². The third-order valence-electron chi connectivity index (χ3n) is 2.70. The van der Waals surface area contributed by atoms with Gasteiger partial charge in [0.1, 0.15) is 0 Å². The molecule has 0 radical (unpaired) electrons. The van der Waals surface area contributed by atoms with Gasteiger partial charge in [0.25, 0.3) is 0 Å². The fraction of sp³-hybridized carbons (Fsp3) is 0.214. The van der Waals surface area contributed by atoms with Gasteiger partial charge in [0.2, 0.25) is 0 Å². The van der Waals surface area contributed by atoms with Crippen molar-refractivity contribution >= 4 is 30.2 Å². The van der Waals surface area contributed by atoms with Gasteiger partial charge in [-0.05, 0) is 10.6 Å². The van der Waals surface area contributed by atoms with Crippen LogP contribution in [0.25, 0.3) is 10.4 Å². The lowest BCUT2D eigenvalue weighted by Gasteiger charge is -2.12. The van der Waals surface area contributed by atoms with Crippen LogP contribution in [0.4, 0.5) is 0 Å². The van der Waals surface area contributed by atoms with Crippen molar-refractivity contribution in [3.05, 3.63) is 42.0 Å². The molecule has 17 heavy (non-hydrogen) atoms. The van der Waals surface area contributed by atoms with Crippen LogP contribution in [0.1, 0.15) is 10.4 Å². The van der Waals surface area contributed by atoms with Crippen LogP contribution >= 0.6 is 11.3 Å². The molecule has 0 N–H and O–H groups in total. The Morgan fingerprint density at radius 3 is 2.35 bits per heavy atom. The fourth-order valence-electron chi connectivity index (χ4n) is 1.71. The second kappa shape index (κ2) is 4.59. The zero-order valence-electron chi connectivity index (χ0n) is 10.4. The summed E-state index contributed by atoms with van der Waals surface area (Å²) in [5.74, 6) is 0. The van der Waals surface area contributed by atoms with Gasteiger partial charge in [-0.2, -0.15) is 0 Å². The second-order valence-electron chi connectivity index (χ2n) is 5.12. The SMILES string of the molecule is C[Si](C)(C)c1ccc(-c2ccccc2C=O)s1. The molecule has 0 saturated carbocycles. The first-order valence-corrected chi connectivity index (χ1v) is 9.99. The van der Waals surface area contributed by atoms with Gasteiger partial charge in [0.15, 0.2) is 6.29 Å². The molecule has 0 saturated heterocycles. The molecule has 0 unspecified atom stereocenters. The van der Waals surface area contributed by atoms with E-state index in [4.69, 9.17) is 0 Å². The molecule has 3 heteroatoms. The number of aldehydes is 1. The first kappa shape index (κ1) is 12.3. The number of carbonyl (C=O) groups excluding carboxylic acids is 1. The standard InChI is InChI=1S/C14H16OSSi/c1-17(2,3)14-9-8-13(16-14)12-7-5-4-6-11(12)10-15/h4-10H,1-3H3. The first-order valence-electron chi connectivity index (χ1n) is 5.67. The Bertz CT molecular complexity index is 537. The molecule has 88 valence electrons. The third kappa shape index (κ3) is 2.56. The highest BCUT2D eigenvalue weighted by molar-refractivity contribution is 7.28. The highest BCUT2D eigenvalue weighted by atomic mass is 32.1. The highest BCUT2D eigenvalue weighted by Crippen LogP contribution is 2.27. The van der Waals surface area contributed by atoms with Gasteiger partial charge in [-0.3, -0.25) is 4.79 Å². The largest absolute Gasteiger partial charge is 0.298 e. The molecule has 2 rings (SSSR count). The molecule has 0 aliphatic heterocycles. The van der Waals surface area contributed by atoms with Crippen LogP contribution in [-0.4, -0.2) is 14.4 Å². The minimum atomic E-state index is -1.24. The van der Waals surface area contributed by atoms with Gasteiger partial charge in [0.05, 0.1) is 8.07 Å². The van der Waals surface area contributed by atoms with Crippen LogP contribution in [-0.2, 0) is 0 Å². The summed E-state index contributed by atoms with van der Waals surface area (Å²) in [6.45, 7) is 7.02. The topological polar surface area (TPSA) is 17.1 Å². The number of hydrogen-bond donors (Lipinski definition) is 0. The Balaban J connectivity index is 2.47. The summed E-state index contributed by atoms with van der Waals surface area (Å²) >= 11 is 1.83. The summed E-state index contributed by atoms with van der Waals surface area (Å²) in [5.41, 5.74) is 1.83. The Labute approximate surface area is 107 Å². The lowest BCUT2D eigenvalue weighted by atomic mass is 10.1. The number of carbonyl (C=O) groups is 1. The quantitative estimate of drug-likeness (QED) is 0.606. The van der Waals surface area contributed by atoms with Crippen molar-refractivity contribution in [2.24, 2.45) is 0 Å². The van der Waals surface area contributed by atoms with E-state index in [2.05, 4.69) is 31.8 Å². The predicted octanol–water partition coefficient (Wildman–Crippen LogP) is 3.77. The number of rotatable bonds is 3. The van der Waals surface area contributed by atoms with Gasteiger partial charge >= 0.3 is 0 Å². The van der Waals surface area contributed by atoms with Crippen LogP contribution in [0.15, 0.2) is 36.4 Å². The van der Waals surface area contributed by atoms with Crippen molar-refractivity contribution in [1.82, 2.24) is 0 Å². The lowest BCUT2D eigenvalue weighted by molar-refractivity contribution is 0.112. The molecule has 0 aliphatic carbocycles. The lowest BCUT2D eigenvalue weighted by Crippen LogP contribution is -2.34. The van der Waals surface area contributed by atoms with E-state index in [0.717, 1.165) is 17.4 Å². The van der Waals surface area contributed by atoms with Crippen molar-refractivity contribution in [1.29, 1.82) is 0 Å². The van der Waals surface area contributed by atoms with Gasteiger partial charge in [-0.15, -0.1) is 11.3 Å². The molecular weight excluding hydrogens is 244 g/mol. The van der Waals surface area contributed by atoms with E-state index in [1.54, 1.807) is 0 Å². The Morgan fingerprint density at radius 1 is 1.06 bits per heavy atom. The summed E-state index contributed by atoms with van der Waals surface area (Å²) < 4.78 is 1.48. The average molecular weight is 260 g/mol. The first-order chi connectivity index (χ1) is 8.02. The van der Waals surface area contributed by atoms with Crippen molar-refractivity contribution in [3.63, 3.8) is 0 Å². The number of thiophene rings is 1. The second-order valence-corrected chi connectivity index (χ2v) is 11.6. The summed E-state index contributed by atoms with van der Waals surface area (Å²) in [5, 5.41) is 0. The molecule has 0 fully saturated rings. The Morgan fingerprint density at radius 2 is 1.76 bits per heavy atom. The van der Waals surface area contributed by atoms with Gasteiger partial charge < -0.3 is 0 Å². The molecular formula is C14H16OSSi. The van der Waals surface area contributed by atoms with Crippen molar-refractivity contribution in [2.45, 2.75) is 19.6 Å². The molecule has 1 nitrogen and oxygen atoms in total. The zero-order valence-corrected chi connectivity index (χ0v) is 12.2. The van der Waals surface area contributed by atoms with E-state index >= 15 is 0 Å². The molecule has 1 aromatic heterocycles. The number of benzene rings is 1. The van der Waals surface area contributed by atoms with E-state index in [1.165, 1.54) is 9.38 Å². The minimum Gasteiger partial charge on any atom is -0.298 e. The normalized spacial score (nSPS) is 11.5.